The Bertz CT molecular complexity index is 380. The summed E-state index contributed by atoms with van der Waals surface area (Å²) in [5.74, 6) is 1.05. The average molecular weight is 218 g/mol. The van der Waals surface area contributed by atoms with E-state index in [1.165, 1.54) is 18.5 Å². The van der Waals surface area contributed by atoms with Crippen LogP contribution in [0.4, 0.5) is 0 Å². The number of fused-ring (bicyclic) bond motifs is 1. The van der Waals surface area contributed by atoms with E-state index >= 15 is 0 Å². The van der Waals surface area contributed by atoms with Gasteiger partial charge in [0, 0.05) is 18.2 Å². The minimum Gasteiger partial charge on any atom is -0.491 e. The van der Waals surface area contributed by atoms with Crippen LogP contribution in [0.25, 0.3) is 0 Å². The second kappa shape index (κ2) is 4.07. The predicted octanol–water partition coefficient (Wildman–Crippen LogP) is 1.41. The van der Waals surface area contributed by atoms with Crippen LogP contribution in [0.15, 0.2) is 24.3 Å². The molecule has 86 valence electrons. The zero-order chi connectivity index (χ0) is 11.0. The van der Waals surface area contributed by atoms with Gasteiger partial charge in [0.1, 0.15) is 12.4 Å². The van der Waals surface area contributed by atoms with Gasteiger partial charge in [0.2, 0.25) is 0 Å². The molecule has 0 amide bonds. The maximum absolute atomic E-state index is 5.67. The molecule has 0 spiro atoms. The van der Waals surface area contributed by atoms with Gasteiger partial charge in [-0.15, -0.1) is 0 Å². The first-order valence-corrected chi connectivity index (χ1v) is 5.99. The van der Waals surface area contributed by atoms with Crippen molar-refractivity contribution in [2.24, 2.45) is 0 Å². The zero-order valence-electron chi connectivity index (χ0n) is 9.65. The first kappa shape index (κ1) is 10.1. The van der Waals surface area contributed by atoms with Crippen LogP contribution in [0.1, 0.15) is 18.0 Å². The Morgan fingerprint density at radius 1 is 1.38 bits per heavy atom. The smallest absolute Gasteiger partial charge is 0.124 e. The number of likely N-dealkylation sites (tertiary alicyclic amines) is 1. The highest BCUT2D eigenvalue weighted by molar-refractivity contribution is 5.39. The molecular formula is C13H18N2O. The predicted molar refractivity (Wildman–Crippen MR) is 63.7 cm³/mol. The lowest BCUT2D eigenvalue weighted by Gasteiger charge is -2.17. The molecular weight excluding hydrogens is 200 g/mol. The van der Waals surface area contributed by atoms with Crippen LogP contribution < -0.4 is 10.1 Å². The second-order valence-electron chi connectivity index (χ2n) is 4.82. The fourth-order valence-corrected chi connectivity index (χ4v) is 2.66. The number of para-hydroxylation sites is 1. The number of likely N-dealkylation sites (N-methyl/N-ethyl adjacent to an activating group) is 1. The molecule has 2 aliphatic rings. The van der Waals surface area contributed by atoms with Crippen molar-refractivity contribution in [1.29, 1.82) is 0 Å². The SMILES string of the molecule is CN1CCC(NC2COc3ccccc32)C1. The summed E-state index contributed by atoms with van der Waals surface area (Å²) in [6.07, 6.45) is 1.25. The van der Waals surface area contributed by atoms with Gasteiger partial charge in [-0.3, -0.25) is 0 Å². The topological polar surface area (TPSA) is 24.5 Å². The number of ether oxygens (including phenoxy) is 1. The number of nitrogens with zero attached hydrogens (tertiary/aromatic N) is 1. The van der Waals surface area contributed by atoms with Gasteiger partial charge in [0.25, 0.3) is 0 Å². The standard InChI is InChI=1S/C13H18N2O/c1-15-7-6-10(8-15)14-12-9-16-13-5-3-2-4-11(12)13/h2-5,10,12,14H,6-9H2,1H3. The van der Waals surface area contributed by atoms with Crippen LogP contribution in [0.3, 0.4) is 0 Å². The molecule has 1 aromatic rings. The highest BCUT2D eigenvalue weighted by Gasteiger charge is 2.28. The molecule has 0 aromatic heterocycles. The molecule has 2 atom stereocenters. The summed E-state index contributed by atoms with van der Waals surface area (Å²) in [4.78, 5) is 2.37. The third-order valence-electron chi connectivity index (χ3n) is 3.53. The number of benzene rings is 1. The molecule has 2 heterocycles. The molecule has 0 bridgehead atoms. The molecule has 1 saturated heterocycles. The van der Waals surface area contributed by atoms with Crippen LogP contribution in [-0.4, -0.2) is 37.7 Å². The Hall–Kier alpha value is -1.06. The monoisotopic (exact) mass is 218 g/mol. The lowest BCUT2D eigenvalue weighted by Crippen LogP contribution is -2.35. The van der Waals surface area contributed by atoms with Crippen molar-refractivity contribution in [3.8, 4) is 5.75 Å². The van der Waals surface area contributed by atoms with E-state index in [4.69, 9.17) is 4.74 Å². The molecule has 3 heteroatoms. The van der Waals surface area contributed by atoms with E-state index in [9.17, 15) is 0 Å². The summed E-state index contributed by atoms with van der Waals surface area (Å²) in [5, 5.41) is 3.70. The van der Waals surface area contributed by atoms with Crippen LogP contribution >= 0.6 is 0 Å². The van der Waals surface area contributed by atoms with Crippen molar-refractivity contribution in [3.05, 3.63) is 29.8 Å². The summed E-state index contributed by atoms with van der Waals surface area (Å²) in [6, 6.07) is 9.33. The molecule has 0 saturated carbocycles. The molecule has 3 nitrogen and oxygen atoms in total. The van der Waals surface area contributed by atoms with Crippen molar-refractivity contribution >= 4 is 0 Å². The molecule has 1 aromatic carbocycles. The number of rotatable bonds is 2. The summed E-state index contributed by atoms with van der Waals surface area (Å²) in [5.41, 5.74) is 1.32. The maximum atomic E-state index is 5.67. The number of nitrogens with one attached hydrogen (secondary N) is 1. The third-order valence-corrected chi connectivity index (χ3v) is 3.53. The van der Waals surface area contributed by atoms with Gasteiger partial charge < -0.3 is 15.0 Å². The minimum atomic E-state index is 0.382. The third kappa shape index (κ3) is 1.81. The van der Waals surface area contributed by atoms with E-state index in [0.29, 0.717) is 12.1 Å². The molecule has 1 fully saturated rings. The number of hydrogen-bond donors (Lipinski definition) is 1. The first-order chi connectivity index (χ1) is 7.83. The van der Waals surface area contributed by atoms with Gasteiger partial charge in [-0.1, -0.05) is 18.2 Å². The normalized spacial score (nSPS) is 29.1. The van der Waals surface area contributed by atoms with E-state index in [-0.39, 0.29) is 0 Å². The molecule has 16 heavy (non-hydrogen) atoms. The van der Waals surface area contributed by atoms with Gasteiger partial charge in [0.15, 0.2) is 0 Å². The van der Waals surface area contributed by atoms with E-state index in [0.717, 1.165) is 18.9 Å². The second-order valence-corrected chi connectivity index (χ2v) is 4.82. The molecule has 1 N–H and O–H groups in total. The Kier molecular flexibility index (Phi) is 2.58. The molecule has 0 radical (unpaired) electrons. The van der Waals surface area contributed by atoms with Gasteiger partial charge in [-0.2, -0.15) is 0 Å². The summed E-state index contributed by atoms with van der Waals surface area (Å²) in [6.45, 7) is 3.13. The molecule has 0 aliphatic carbocycles. The van der Waals surface area contributed by atoms with Gasteiger partial charge in [0.05, 0.1) is 6.04 Å². The van der Waals surface area contributed by atoms with Crippen LogP contribution in [-0.2, 0) is 0 Å². The summed E-state index contributed by atoms with van der Waals surface area (Å²) >= 11 is 0. The van der Waals surface area contributed by atoms with E-state index in [1.54, 1.807) is 0 Å². The highest BCUT2D eigenvalue weighted by Crippen LogP contribution is 2.32. The molecule has 2 aliphatic heterocycles. The van der Waals surface area contributed by atoms with E-state index < -0.39 is 0 Å². The van der Waals surface area contributed by atoms with Crippen LogP contribution in [0, 0.1) is 0 Å². The van der Waals surface area contributed by atoms with Crippen molar-refractivity contribution in [2.45, 2.75) is 18.5 Å². The Labute approximate surface area is 96.4 Å². The quantitative estimate of drug-likeness (QED) is 0.812. The average Bonchev–Trinajstić information content (AvgIpc) is 2.87. The summed E-state index contributed by atoms with van der Waals surface area (Å²) < 4.78 is 5.67. The summed E-state index contributed by atoms with van der Waals surface area (Å²) in [7, 11) is 2.18. The Morgan fingerprint density at radius 2 is 2.25 bits per heavy atom. The van der Waals surface area contributed by atoms with Gasteiger partial charge in [-0.05, 0) is 26.1 Å². The van der Waals surface area contributed by atoms with E-state index in [1.807, 2.05) is 6.07 Å². The van der Waals surface area contributed by atoms with Gasteiger partial charge >= 0.3 is 0 Å². The molecule has 2 unspecified atom stereocenters. The number of hydrogen-bond acceptors (Lipinski definition) is 3. The van der Waals surface area contributed by atoms with Crippen molar-refractivity contribution in [3.63, 3.8) is 0 Å². The lowest BCUT2D eigenvalue weighted by atomic mass is 10.1. The maximum Gasteiger partial charge on any atom is 0.124 e. The fraction of sp³-hybridized carbons (Fsp3) is 0.538. The van der Waals surface area contributed by atoms with Crippen molar-refractivity contribution < 1.29 is 4.74 Å². The first-order valence-electron chi connectivity index (χ1n) is 5.99. The lowest BCUT2D eigenvalue weighted by molar-refractivity contribution is 0.295. The van der Waals surface area contributed by atoms with E-state index in [2.05, 4.69) is 35.5 Å². The highest BCUT2D eigenvalue weighted by atomic mass is 16.5. The van der Waals surface area contributed by atoms with Crippen LogP contribution in [0.2, 0.25) is 0 Å². The zero-order valence-corrected chi connectivity index (χ0v) is 9.65. The fourth-order valence-electron chi connectivity index (χ4n) is 2.66. The van der Waals surface area contributed by atoms with Gasteiger partial charge in [-0.25, -0.2) is 0 Å². The molecule has 3 rings (SSSR count). The Balaban J connectivity index is 1.69. The minimum absolute atomic E-state index is 0.382. The van der Waals surface area contributed by atoms with Crippen molar-refractivity contribution in [2.75, 3.05) is 26.7 Å². The van der Waals surface area contributed by atoms with Crippen LogP contribution in [0.5, 0.6) is 5.75 Å². The largest absolute Gasteiger partial charge is 0.491 e. The Morgan fingerprint density at radius 3 is 3.06 bits per heavy atom. The van der Waals surface area contributed by atoms with Crippen molar-refractivity contribution in [1.82, 2.24) is 10.2 Å².